The molecule has 0 aliphatic heterocycles. The topological polar surface area (TPSA) is 36.4 Å². The smallest absolute Gasteiger partial charge is 0.191 e. The summed E-state index contributed by atoms with van der Waals surface area (Å²) in [4.78, 5) is 4.11. The lowest BCUT2D eigenvalue weighted by Crippen LogP contribution is -2.42. The molecule has 0 aromatic carbocycles. The van der Waals surface area contributed by atoms with Crippen molar-refractivity contribution >= 4 is 5.96 Å². The number of nitrogens with one attached hydrogen (secondary N) is 2. The number of nitrogens with zero attached hydrogens (tertiary/aromatic N) is 1. The zero-order valence-corrected chi connectivity index (χ0v) is 11.0. The molecule has 0 fully saturated rings. The molecule has 1 atom stereocenters. The number of guanidine groups is 1. The number of hydrogen-bond donors (Lipinski definition) is 2. The minimum absolute atomic E-state index is 0.433. The van der Waals surface area contributed by atoms with Crippen molar-refractivity contribution in [3.63, 3.8) is 0 Å². The predicted octanol–water partition coefficient (Wildman–Crippen LogP) is 2.00. The van der Waals surface area contributed by atoms with E-state index in [0.717, 1.165) is 18.3 Å². The Balaban J connectivity index is 3.75. The molecule has 3 heteroatoms. The summed E-state index contributed by atoms with van der Waals surface area (Å²) in [5.74, 6) is 4.10. The molecule has 0 radical (unpaired) electrons. The van der Waals surface area contributed by atoms with Crippen molar-refractivity contribution in [2.45, 2.75) is 46.1 Å². The Morgan fingerprint density at radius 3 is 2.50 bits per heavy atom. The average Bonchev–Trinajstić information content (AvgIpc) is 2.23. The molecule has 0 aliphatic rings. The van der Waals surface area contributed by atoms with Crippen LogP contribution in [-0.2, 0) is 0 Å². The molecule has 2 N–H and O–H groups in total. The molecule has 0 saturated carbocycles. The summed E-state index contributed by atoms with van der Waals surface area (Å²) in [5, 5.41) is 6.37. The van der Waals surface area contributed by atoms with Crippen LogP contribution in [-0.4, -0.2) is 25.6 Å². The predicted molar refractivity (Wildman–Crippen MR) is 71.5 cm³/mol. The molecule has 0 aromatic rings. The van der Waals surface area contributed by atoms with E-state index < -0.39 is 0 Å². The van der Waals surface area contributed by atoms with Crippen molar-refractivity contribution in [3.05, 3.63) is 0 Å². The van der Waals surface area contributed by atoms with Crippen LogP contribution in [0.2, 0.25) is 0 Å². The summed E-state index contributed by atoms with van der Waals surface area (Å²) in [5.41, 5.74) is 0. The molecule has 0 saturated heterocycles. The van der Waals surface area contributed by atoms with Crippen molar-refractivity contribution in [1.82, 2.24) is 10.6 Å². The summed E-state index contributed by atoms with van der Waals surface area (Å²) in [6.45, 7) is 7.19. The van der Waals surface area contributed by atoms with E-state index >= 15 is 0 Å². The monoisotopic (exact) mass is 223 g/mol. The standard InChI is InChI=1S/C13H25N3/c1-6-10-15-13(14-5)16-12(4)9-7-8-11(2)3/h1,11-12H,7-10H2,2-5H3,(H2,14,15,16). The summed E-state index contributed by atoms with van der Waals surface area (Å²) in [7, 11) is 1.76. The second-order valence-electron chi connectivity index (χ2n) is 4.50. The van der Waals surface area contributed by atoms with Gasteiger partial charge in [0.25, 0.3) is 0 Å². The SMILES string of the molecule is C#CCNC(=NC)NC(C)CCCC(C)C. The lowest BCUT2D eigenvalue weighted by Gasteiger charge is -2.17. The molecule has 0 bridgehead atoms. The molecule has 0 heterocycles. The third kappa shape index (κ3) is 8.16. The van der Waals surface area contributed by atoms with E-state index in [2.05, 4.69) is 42.3 Å². The quantitative estimate of drug-likeness (QED) is 0.410. The zero-order valence-electron chi connectivity index (χ0n) is 11.0. The Morgan fingerprint density at radius 1 is 1.31 bits per heavy atom. The highest BCUT2D eigenvalue weighted by Gasteiger charge is 2.04. The zero-order chi connectivity index (χ0) is 12.4. The Labute approximate surface area is 100 Å². The van der Waals surface area contributed by atoms with Crippen molar-refractivity contribution in [3.8, 4) is 12.3 Å². The Bertz CT molecular complexity index is 238. The summed E-state index contributed by atoms with van der Waals surface area (Å²) >= 11 is 0. The van der Waals surface area contributed by atoms with E-state index in [0.29, 0.717) is 12.6 Å². The number of rotatable bonds is 6. The molecule has 16 heavy (non-hydrogen) atoms. The Kier molecular flexibility index (Phi) is 8.42. The summed E-state index contributed by atoms with van der Waals surface area (Å²) < 4.78 is 0. The largest absolute Gasteiger partial charge is 0.354 e. The first kappa shape index (κ1) is 14.8. The van der Waals surface area contributed by atoms with Gasteiger partial charge in [-0.05, 0) is 19.3 Å². The van der Waals surface area contributed by atoms with Gasteiger partial charge in [-0.15, -0.1) is 6.42 Å². The molecular weight excluding hydrogens is 198 g/mol. The van der Waals surface area contributed by atoms with Gasteiger partial charge in [0.1, 0.15) is 0 Å². The van der Waals surface area contributed by atoms with E-state index in [4.69, 9.17) is 6.42 Å². The molecule has 3 nitrogen and oxygen atoms in total. The molecule has 92 valence electrons. The second kappa shape index (κ2) is 9.08. The van der Waals surface area contributed by atoms with Gasteiger partial charge in [0.15, 0.2) is 5.96 Å². The van der Waals surface area contributed by atoms with Crippen LogP contribution in [0.25, 0.3) is 0 Å². The van der Waals surface area contributed by atoms with Crippen molar-refractivity contribution in [2.75, 3.05) is 13.6 Å². The van der Waals surface area contributed by atoms with Crippen LogP contribution in [0.1, 0.15) is 40.0 Å². The highest BCUT2D eigenvalue weighted by molar-refractivity contribution is 5.80. The third-order valence-corrected chi connectivity index (χ3v) is 2.38. The maximum atomic E-state index is 5.18. The van der Waals surface area contributed by atoms with Crippen molar-refractivity contribution in [2.24, 2.45) is 10.9 Å². The van der Waals surface area contributed by atoms with Gasteiger partial charge in [-0.1, -0.05) is 32.6 Å². The van der Waals surface area contributed by atoms with Gasteiger partial charge in [0, 0.05) is 13.1 Å². The normalized spacial score (nSPS) is 13.4. The van der Waals surface area contributed by atoms with E-state index in [1.54, 1.807) is 7.05 Å². The van der Waals surface area contributed by atoms with Gasteiger partial charge < -0.3 is 10.6 Å². The van der Waals surface area contributed by atoms with Gasteiger partial charge in [-0.3, -0.25) is 4.99 Å². The van der Waals surface area contributed by atoms with Crippen LogP contribution >= 0.6 is 0 Å². The first-order valence-electron chi connectivity index (χ1n) is 6.00. The van der Waals surface area contributed by atoms with Crippen molar-refractivity contribution < 1.29 is 0 Å². The van der Waals surface area contributed by atoms with Crippen LogP contribution in [0.3, 0.4) is 0 Å². The molecule has 0 rings (SSSR count). The van der Waals surface area contributed by atoms with E-state index in [1.807, 2.05) is 0 Å². The van der Waals surface area contributed by atoms with E-state index in [-0.39, 0.29) is 0 Å². The van der Waals surface area contributed by atoms with Crippen LogP contribution < -0.4 is 10.6 Å². The minimum Gasteiger partial charge on any atom is -0.354 e. The van der Waals surface area contributed by atoms with Crippen LogP contribution in [0.5, 0.6) is 0 Å². The Morgan fingerprint density at radius 2 is 2.00 bits per heavy atom. The van der Waals surface area contributed by atoms with E-state index in [9.17, 15) is 0 Å². The molecule has 1 unspecified atom stereocenters. The lowest BCUT2D eigenvalue weighted by molar-refractivity contribution is 0.492. The van der Waals surface area contributed by atoms with Gasteiger partial charge in [0.05, 0.1) is 6.54 Å². The second-order valence-corrected chi connectivity index (χ2v) is 4.50. The highest BCUT2D eigenvalue weighted by Crippen LogP contribution is 2.07. The third-order valence-electron chi connectivity index (χ3n) is 2.38. The average molecular weight is 223 g/mol. The number of terminal acetylenes is 1. The van der Waals surface area contributed by atoms with Crippen LogP contribution in [0, 0.1) is 18.3 Å². The minimum atomic E-state index is 0.433. The maximum absolute atomic E-state index is 5.18. The van der Waals surface area contributed by atoms with Gasteiger partial charge in [-0.25, -0.2) is 0 Å². The van der Waals surface area contributed by atoms with Crippen LogP contribution in [0.15, 0.2) is 4.99 Å². The maximum Gasteiger partial charge on any atom is 0.191 e. The lowest BCUT2D eigenvalue weighted by atomic mass is 10.0. The van der Waals surface area contributed by atoms with Gasteiger partial charge in [-0.2, -0.15) is 0 Å². The van der Waals surface area contributed by atoms with Gasteiger partial charge in [0.2, 0.25) is 0 Å². The summed E-state index contributed by atoms with van der Waals surface area (Å²) in [6.07, 6.45) is 8.87. The fraction of sp³-hybridized carbons (Fsp3) is 0.769. The summed E-state index contributed by atoms with van der Waals surface area (Å²) in [6, 6.07) is 0.433. The molecule has 0 aliphatic carbocycles. The molecule has 0 aromatic heterocycles. The number of hydrogen-bond acceptors (Lipinski definition) is 1. The molecule has 0 amide bonds. The van der Waals surface area contributed by atoms with E-state index in [1.165, 1.54) is 12.8 Å². The number of aliphatic imine (C=N–C) groups is 1. The van der Waals surface area contributed by atoms with Crippen LogP contribution in [0.4, 0.5) is 0 Å². The van der Waals surface area contributed by atoms with Gasteiger partial charge >= 0.3 is 0 Å². The highest BCUT2D eigenvalue weighted by atomic mass is 15.2. The van der Waals surface area contributed by atoms with Crippen molar-refractivity contribution in [1.29, 1.82) is 0 Å². The molecular formula is C13H25N3. The fourth-order valence-electron chi connectivity index (χ4n) is 1.47. The Hall–Kier alpha value is -1.17. The first-order valence-corrected chi connectivity index (χ1v) is 6.00. The first-order chi connectivity index (χ1) is 7.60. The fourth-order valence-corrected chi connectivity index (χ4v) is 1.47. The molecule has 0 spiro atoms.